The fourth-order valence-electron chi connectivity index (χ4n) is 3.59. The lowest BCUT2D eigenvalue weighted by molar-refractivity contribution is 0.0699. The van der Waals surface area contributed by atoms with Gasteiger partial charge < -0.3 is 5.11 Å². The van der Waals surface area contributed by atoms with E-state index in [9.17, 15) is 9.90 Å². The van der Waals surface area contributed by atoms with Crippen LogP contribution in [-0.4, -0.2) is 26.3 Å². The predicted octanol–water partition coefficient (Wildman–Crippen LogP) is 5.14. The van der Waals surface area contributed by atoms with Crippen LogP contribution in [0.1, 0.15) is 10.4 Å². The molecule has 0 aliphatic rings. The number of hydrogen-bond acceptors (Lipinski definition) is 3. The van der Waals surface area contributed by atoms with Crippen molar-refractivity contribution < 1.29 is 9.90 Å². The van der Waals surface area contributed by atoms with Crippen LogP contribution in [0.15, 0.2) is 78.9 Å². The van der Waals surface area contributed by atoms with Crippen molar-refractivity contribution in [3.8, 4) is 22.5 Å². The molecule has 2 aromatic heterocycles. The number of H-pyrrole nitrogens is 1. The summed E-state index contributed by atoms with van der Waals surface area (Å²) in [7, 11) is 0. The Morgan fingerprint density at radius 1 is 0.893 bits per heavy atom. The van der Waals surface area contributed by atoms with Crippen molar-refractivity contribution in [1.29, 1.82) is 0 Å². The number of aromatic nitrogens is 3. The zero-order valence-corrected chi connectivity index (χ0v) is 14.8. The predicted molar refractivity (Wildman–Crippen MR) is 109 cm³/mol. The van der Waals surface area contributed by atoms with E-state index in [1.54, 1.807) is 6.07 Å². The van der Waals surface area contributed by atoms with Gasteiger partial charge in [-0.1, -0.05) is 72.8 Å². The smallest absolute Gasteiger partial charge is 0.336 e. The number of aromatic amines is 1. The van der Waals surface area contributed by atoms with Gasteiger partial charge in [-0.05, 0) is 16.8 Å². The molecule has 0 fully saturated rings. The van der Waals surface area contributed by atoms with Crippen molar-refractivity contribution in [1.82, 2.24) is 15.2 Å². The third-order valence-corrected chi connectivity index (χ3v) is 4.88. The molecule has 0 aliphatic heterocycles. The van der Waals surface area contributed by atoms with Crippen LogP contribution in [-0.2, 0) is 0 Å². The van der Waals surface area contributed by atoms with E-state index in [0.717, 1.165) is 21.9 Å². The molecule has 134 valence electrons. The van der Waals surface area contributed by atoms with Crippen LogP contribution in [0.4, 0.5) is 0 Å². The van der Waals surface area contributed by atoms with Crippen molar-refractivity contribution in [2.75, 3.05) is 0 Å². The van der Waals surface area contributed by atoms with Crippen LogP contribution in [0.5, 0.6) is 0 Å². The number of hydrogen-bond donors (Lipinski definition) is 2. The molecule has 0 amide bonds. The zero-order valence-electron chi connectivity index (χ0n) is 14.8. The Bertz CT molecular complexity index is 1340. The number of rotatable bonds is 3. The van der Waals surface area contributed by atoms with E-state index in [1.165, 1.54) is 0 Å². The topological polar surface area (TPSA) is 78.9 Å². The van der Waals surface area contributed by atoms with Crippen molar-refractivity contribution in [2.45, 2.75) is 0 Å². The quantitative estimate of drug-likeness (QED) is 0.464. The second kappa shape index (κ2) is 6.32. The highest BCUT2D eigenvalue weighted by Crippen LogP contribution is 2.33. The van der Waals surface area contributed by atoms with E-state index >= 15 is 0 Å². The van der Waals surface area contributed by atoms with E-state index < -0.39 is 5.97 Å². The molecule has 5 rings (SSSR count). The molecule has 0 spiro atoms. The fraction of sp³-hybridized carbons (Fsp3) is 0. The summed E-state index contributed by atoms with van der Waals surface area (Å²) in [5.41, 5.74) is 3.57. The van der Waals surface area contributed by atoms with Gasteiger partial charge in [0.15, 0.2) is 5.65 Å². The molecule has 0 bridgehead atoms. The van der Waals surface area contributed by atoms with Gasteiger partial charge in [0, 0.05) is 11.1 Å². The van der Waals surface area contributed by atoms with E-state index in [1.807, 2.05) is 72.8 Å². The lowest BCUT2D eigenvalue weighted by Gasteiger charge is -2.08. The number of carbonyl (C=O) groups is 1. The van der Waals surface area contributed by atoms with E-state index in [-0.39, 0.29) is 5.56 Å². The molecule has 5 aromatic rings. The van der Waals surface area contributed by atoms with Gasteiger partial charge in [0.05, 0.1) is 22.3 Å². The Balaban J connectivity index is 1.80. The summed E-state index contributed by atoms with van der Waals surface area (Å²) < 4.78 is 0. The van der Waals surface area contributed by atoms with Crippen molar-refractivity contribution in [3.05, 3.63) is 84.4 Å². The van der Waals surface area contributed by atoms with Gasteiger partial charge in [0.25, 0.3) is 0 Å². The normalized spacial score (nSPS) is 11.1. The summed E-state index contributed by atoms with van der Waals surface area (Å²) in [5.74, 6) is -1.01. The summed E-state index contributed by atoms with van der Waals surface area (Å²) in [5, 5.41) is 19.8. The molecule has 2 N–H and O–H groups in total. The highest BCUT2D eigenvalue weighted by molar-refractivity contribution is 6.09. The lowest BCUT2D eigenvalue weighted by Crippen LogP contribution is -2.00. The van der Waals surface area contributed by atoms with Gasteiger partial charge in [0.1, 0.15) is 0 Å². The van der Waals surface area contributed by atoms with Crippen LogP contribution >= 0.6 is 0 Å². The van der Waals surface area contributed by atoms with E-state index in [2.05, 4.69) is 15.2 Å². The summed E-state index contributed by atoms with van der Waals surface area (Å²) in [6.45, 7) is 0. The number of carboxylic acids is 1. The first-order chi connectivity index (χ1) is 13.7. The SMILES string of the molecule is O=C(O)c1cc(-c2cccc3ccccc23)nc2n[nH]c(-c3ccccc3)c12. The Hall–Kier alpha value is -3.99. The molecule has 5 nitrogen and oxygen atoms in total. The van der Waals surface area contributed by atoms with Gasteiger partial charge in [0.2, 0.25) is 0 Å². The molecule has 0 saturated carbocycles. The van der Waals surface area contributed by atoms with Gasteiger partial charge in [-0.3, -0.25) is 5.10 Å². The van der Waals surface area contributed by atoms with Gasteiger partial charge in [-0.15, -0.1) is 0 Å². The van der Waals surface area contributed by atoms with Gasteiger partial charge in [-0.2, -0.15) is 5.10 Å². The third kappa shape index (κ3) is 2.53. The minimum absolute atomic E-state index is 0.181. The minimum atomic E-state index is -1.01. The van der Waals surface area contributed by atoms with Crippen LogP contribution < -0.4 is 0 Å². The first-order valence-electron chi connectivity index (χ1n) is 8.88. The molecule has 28 heavy (non-hydrogen) atoms. The molecule has 0 unspecified atom stereocenters. The second-order valence-electron chi connectivity index (χ2n) is 6.55. The molecule has 2 heterocycles. The number of pyridine rings is 1. The van der Waals surface area contributed by atoms with Crippen molar-refractivity contribution >= 4 is 27.8 Å². The van der Waals surface area contributed by atoms with E-state index in [0.29, 0.717) is 22.4 Å². The lowest BCUT2D eigenvalue weighted by atomic mass is 9.99. The molecular weight excluding hydrogens is 350 g/mol. The van der Waals surface area contributed by atoms with Crippen LogP contribution in [0.2, 0.25) is 0 Å². The molecular formula is C23H15N3O2. The van der Waals surface area contributed by atoms with Crippen LogP contribution in [0, 0.1) is 0 Å². The molecule has 0 saturated heterocycles. The second-order valence-corrected chi connectivity index (χ2v) is 6.55. The van der Waals surface area contributed by atoms with Gasteiger partial charge >= 0.3 is 5.97 Å². The summed E-state index contributed by atoms with van der Waals surface area (Å²) in [4.78, 5) is 16.8. The van der Waals surface area contributed by atoms with Crippen LogP contribution in [0.3, 0.4) is 0 Å². The molecule has 5 heteroatoms. The number of benzene rings is 3. The molecule has 0 radical (unpaired) electrons. The van der Waals surface area contributed by atoms with Gasteiger partial charge in [-0.25, -0.2) is 9.78 Å². The third-order valence-electron chi connectivity index (χ3n) is 4.88. The molecule has 0 atom stereocenters. The van der Waals surface area contributed by atoms with Crippen molar-refractivity contribution in [2.24, 2.45) is 0 Å². The average molecular weight is 365 g/mol. The standard InChI is InChI=1S/C23H15N3O2/c27-23(28)18-13-19(17-12-6-10-14-7-4-5-11-16(14)17)24-22-20(18)21(25-26-22)15-8-2-1-3-9-15/h1-13H,(H,27,28)(H,24,25,26). The van der Waals surface area contributed by atoms with E-state index in [4.69, 9.17) is 0 Å². The number of aromatic carboxylic acids is 1. The maximum Gasteiger partial charge on any atom is 0.336 e. The summed E-state index contributed by atoms with van der Waals surface area (Å²) >= 11 is 0. The molecule has 3 aromatic carbocycles. The Morgan fingerprint density at radius 3 is 2.46 bits per heavy atom. The Labute approximate surface area is 160 Å². The number of fused-ring (bicyclic) bond motifs is 2. The molecule has 0 aliphatic carbocycles. The minimum Gasteiger partial charge on any atom is -0.478 e. The zero-order chi connectivity index (χ0) is 19.1. The summed E-state index contributed by atoms with van der Waals surface area (Å²) in [6, 6.07) is 25.1. The first-order valence-corrected chi connectivity index (χ1v) is 8.88. The maximum atomic E-state index is 12.1. The Morgan fingerprint density at radius 2 is 1.64 bits per heavy atom. The average Bonchev–Trinajstić information content (AvgIpc) is 3.17. The maximum absolute atomic E-state index is 12.1. The van der Waals surface area contributed by atoms with Crippen molar-refractivity contribution in [3.63, 3.8) is 0 Å². The highest BCUT2D eigenvalue weighted by atomic mass is 16.4. The fourth-order valence-corrected chi connectivity index (χ4v) is 3.59. The monoisotopic (exact) mass is 365 g/mol. The number of carboxylic acid groups (broad SMARTS) is 1. The number of nitrogens with zero attached hydrogens (tertiary/aromatic N) is 2. The van der Waals surface area contributed by atoms with Crippen LogP contribution in [0.25, 0.3) is 44.3 Å². The first kappa shape index (κ1) is 16.2. The highest BCUT2D eigenvalue weighted by Gasteiger charge is 2.20. The summed E-state index contributed by atoms with van der Waals surface area (Å²) in [6.07, 6.45) is 0. The Kier molecular flexibility index (Phi) is 3.66. The number of nitrogens with one attached hydrogen (secondary N) is 1. The largest absolute Gasteiger partial charge is 0.478 e.